The van der Waals surface area contributed by atoms with E-state index in [1.807, 2.05) is 27.2 Å². The van der Waals surface area contributed by atoms with Gasteiger partial charge in [0.2, 0.25) is 5.96 Å². The smallest absolute Gasteiger partial charge is 0.267 e. The Kier molecular flexibility index (Phi) is 9.17. The SMILES string of the molecule is COc1cc(Cl)cc(C(=O)Nc2ccc(Cl)cn2)c1NC(=O)c1scc(CN2CCCN(N3C=CC=NC3)C2=N)c1Cl. The number of methoxy groups -OCH3 is 1. The molecule has 4 heterocycles. The minimum atomic E-state index is -0.568. The van der Waals surface area contributed by atoms with Gasteiger partial charge >= 0.3 is 0 Å². The fourth-order valence-corrected chi connectivity index (χ4v) is 5.99. The molecule has 11 nitrogen and oxygen atoms in total. The molecule has 3 aromatic rings. The van der Waals surface area contributed by atoms with Gasteiger partial charge < -0.3 is 20.3 Å². The van der Waals surface area contributed by atoms with Crippen molar-refractivity contribution in [3.05, 3.63) is 79.2 Å². The first-order valence-corrected chi connectivity index (χ1v) is 14.7. The number of nitrogens with zero attached hydrogens (tertiary/aromatic N) is 5. The van der Waals surface area contributed by atoms with Gasteiger partial charge in [-0.1, -0.05) is 34.8 Å². The number of carbonyl (C=O) groups is 2. The Morgan fingerprint density at radius 3 is 2.67 bits per heavy atom. The number of aromatic nitrogens is 1. The number of pyridine rings is 1. The summed E-state index contributed by atoms with van der Waals surface area (Å²) >= 11 is 20.0. The summed E-state index contributed by atoms with van der Waals surface area (Å²) in [5.41, 5.74) is 0.894. The first-order valence-electron chi connectivity index (χ1n) is 12.7. The third-order valence-electron chi connectivity index (χ3n) is 6.43. The van der Waals surface area contributed by atoms with E-state index in [4.69, 9.17) is 44.9 Å². The molecule has 1 saturated heterocycles. The normalized spacial score (nSPS) is 14.8. The molecule has 2 aromatic heterocycles. The summed E-state index contributed by atoms with van der Waals surface area (Å²) in [5, 5.41) is 20.7. The zero-order valence-corrected chi connectivity index (χ0v) is 25.3. The molecule has 0 atom stereocenters. The molecule has 0 bridgehead atoms. The maximum Gasteiger partial charge on any atom is 0.267 e. The van der Waals surface area contributed by atoms with Crippen LogP contribution in [0.5, 0.6) is 5.75 Å². The van der Waals surface area contributed by atoms with Crippen LogP contribution in [0.4, 0.5) is 11.5 Å². The van der Waals surface area contributed by atoms with Gasteiger partial charge in [0, 0.05) is 54.9 Å². The highest BCUT2D eigenvalue weighted by atomic mass is 35.5. The van der Waals surface area contributed by atoms with Crippen molar-refractivity contribution in [2.45, 2.75) is 13.0 Å². The summed E-state index contributed by atoms with van der Waals surface area (Å²) in [4.78, 5) is 37.2. The maximum atomic E-state index is 13.5. The highest BCUT2D eigenvalue weighted by molar-refractivity contribution is 7.13. The number of hydrogen-bond acceptors (Lipinski definition) is 8. The van der Waals surface area contributed by atoms with Crippen molar-refractivity contribution in [3.63, 3.8) is 0 Å². The van der Waals surface area contributed by atoms with Crippen molar-refractivity contribution < 1.29 is 14.3 Å². The first kappa shape index (κ1) is 29.6. The molecule has 3 N–H and O–H groups in total. The van der Waals surface area contributed by atoms with Crippen LogP contribution in [0.3, 0.4) is 0 Å². The summed E-state index contributed by atoms with van der Waals surface area (Å²) in [6.07, 6.45) is 7.69. The monoisotopic (exact) mass is 646 g/mol. The number of carbonyl (C=O) groups excluding carboxylic acids is 2. The number of benzene rings is 1. The third-order valence-corrected chi connectivity index (χ3v) is 8.45. The fourth-order valence-electron chi connectivity index (χ4n) is 4.42. The van der Waals surface area contributed by atoms with E-state index in [1.54, 1.807) is 23.7 Å². The van der Waals surface area contributed by atoms with Crippen LogP contribution < -0.4 is 15.4 Å². The fraction of sp³-hybridized carbons (Fsp3) is 0.222. The maximum absolute atomic E-state index is 13.5. The van der Waals surface area contributed by atoms with Crippen molar-refractivity contribution >= 4 is 81.6 Å². The van der Waals surface area contributed by atoms with Crippen LogP contribution >= 0.6 is 46.1 Å². The standard InChI is InChI=1S/C27H25Cl3N8O3S/c1-41-20-11-18(29)10-19(25(39)34-21-5-4-17(28)12-33-21)23(20)35-26(40)24-22(30)16(14-42-24)13-36-7-3-9-38(27(36)31)37-8-2-6-32-15-37/h2,4-6,8,10-12,14,31H,3,7,9,13,15H2,1H3,(H,35,40)(H,33,34,39). The molecule has 0 radical (unpaired) electrons. The lowest BCUT2D eigenvalue weighted by Gasteiger charge is -2.43. The van der Waals surface area contributed by atoms with E-state index in [2.05, 4.69) is 20.6 Å². The van der Waals surface area contributed by atoms with Crippen LogP contribution in [0.15, 0.2) is 53.1 Å². The molecular formula is C27H25Cl3N8O3S. The van der Waals surface area contributed by atoms with E-state index in [0.29, 0.717) is 42.8 Å². The number of amides is 2. The molecule has 1 aromatic carbocycles. The minimum absolute atomic E-state index is 0.0651. The number of guanidine groups is 1. The molecule has 0 aliphatic carbocycles. The Balaban J connectivity index is 1.34. The molecule has 2 aliphatic heterocycles. The number of ether oxygens (including phenoxy) is 1. The largest absolute Gasteiger partial charge is 0.494 e. The molecular weight excluding hydrogens is 623 g/mol. The van der Waals surface area contributed by atoms with Gasteiger partial charge in [-0.05, 0) is 36.1 Å². The summed E-state index contributed by atoms with van der Waals surface area (Å²) in [7, 11) is 1.41. The van der Waals surface area contributed by atoms with Crippen molar-refractivity contribution in [1.29, 1.82) is 5.41 Å². The quantitative estimate of drug-likeness (QED) is 0.281. The van der Waals surface area contributed by atoms with Gasteiger partial charge in [-0.3, -0.25) is 30.0 Å². The zero-order valence-electron chi connectivity index (χ0n) is 22.2. The number of hydrazine groups is 1. The lowest BCUT2D eigenvalue weighted by atomic mass is 10.1. The molecule has 0 spiro atoms. The summed E-state index contributed by atoms with van der Waals surface area (Å²) < 4.78 is 5.43. The topological polar surface area (TPSA) is 126 Å². The second kappa shape index (κ2) is 13.0. The van der Waals surface area contributed by atoms with Gasteiger partial charge in [0.1, 0.15) is 23.1 Å². The number of hydrogen-bond donors (Lipinski definition) is 3. The van der Waals surface area contributed by atoms with Crippen LogP contribution in [-0.2, 0) is 6.54 Å². The van der Waals surface area contributed by atoms with E-state index in [1.165, 1.54) is 36.8 Å². The highest BCUT2D eigenvalue weighted by Gasteiger charge is 2.28. The molecule has 0 saturated carbocycles. The highest BCUT2D eigenvalue weighted by Crippen LogP contribution is 2.36. The Labute approximate surface area is 260 Å². The average Bonchev–Trinajstić information content (AvgIpc) is 3.36. The second-order valence-electron chi connectivity index (χ2n) is 9.18. The number of anilines is 2. The molecule has 2 amide bonds. The van der Waals surface area contributed by atoms with Gasteiger partial charge in [0.15, 0.2) is 0 Å². The number of rotatable bonds is 8. The Bertz CT molecular complexity index is 1580. The Morgan fingerprint density at radius 2 is 1.95 bits per heavy atom. The minimum Gasteiger partial charge on any atom is -0.494 e. The predicted octanol–water partition coefficient (Wildman–Crippen LogP) is 5.83. The van der Waals surface area contributed by atoms with E-state index in [9.17, 15) is 9.59 Å². The summed E-state index contributed by atoms with van der Waals surface area (Å²) in [5.74, 6) is -0.315. The van der Waals surface area contributed by atoms with E-state index in [0.717, 1.165) is 6.42 Å². The molecule has 0 unspecified atom stereocenters. The summed E-state index contributed by atoms with van der Waals surface area (Å²) in [6, 6.07) is 6.05. The molecule has 218 valence electrons. The lowest BCUT2D eigenvalue weighted by molar-refractivity contribution is 0.0614. The van der Waals surface area contributed by atoms with Crippen molar-refractivity contribution in [1.82, 2.24) is 19.9 Å². The number of nitrogens with one attached hydrogen (secondary N) is 3. The van der Waals surface area contributed by atoms with Crippen LogP contribution in [-0.4, -0.2) is 70.8 Å². The predicted molar refractivity (Wildman–Crippen MR) is 166 cm³/mol. The lowest BCUT2D eigenvalue weighted by Crippen LogP contribution is -2.55. The number of halogens is 3. The van der Waals surface area contributed by atoms with Gasteiger partial charge in [0.05, 0.1) is 28.4 Å². The summed E-state index contributed by atoms with van der Waals surface area (Å²) in [6.45, 7) is 2.17. The Hall–Kier alpha value is -3.84. The van der Waals surface area contributed by atoms with Crippen molar-refractivity contribution in [2.75, 3.05) is 37.5 Å². The number of allylic oxidation sites excluding steroid dienone is 1. The van der Waals surface area contributed by atoms with E-state index >= 15 is 0 Å². The third kappa shape index (κ3) is 6.46. The van der Waals surface area contributed by atoms with Crippen LogP contribution in [0.1, 0.15) is 32.0 Å². The Morgan fingerprint density at radius 1 is 1.12 bits per heavy atom. The molecule has 1 fully saturated rings. The average molecular weight is 648 g/mol. The van der Waals surface area contributed by atoms with Gasteiger partial charge in [-0.2, -0.15) is 0 Å². The van der Waals surface area contributed by atoms with E-state index < -0.39 is 11.8 Å². The zero-order chi connectivity index (χ0) is 29.8. The molecule has 42 heavy (non-hydrogen) atoms. The first-order chi connectivity index (χ1) is 20.2. The molecule has 2 aliphatic rings. The van der Waals surface area contributed by atoms with Crippen LogP contribution in [0.25, 0.3) is 0 Å². The number of thiophene rings is 1. The van der Waals surface area contributed by atoms with Crippen LogP contribution in [0, 0.1) is 5.41 Å². The van der Waals surface area contributed by atoms with Crippen LogP contribution in [0.2, 0.25) is 15.1 Å². The van der Waals surface area contributed by atoms with Gasteiger partial charge in [0.25, 0.3) is 11.8 Å². The van der Waals surface area contributed by atoms with Gasteiger partial charge in [-0.15, -0.1) is 11.3 Å². The number of aliphatic imine (C=N–C) groups is 1. The van der Waals surface area contributed by atoms with Crippen molar-refractivity contribution in [3.8, 4) is 5.75 Å². The van der Waals surface area contributed by atoms with Gasteiger partial charge in [-0.25, -0.2) is 4.98 Å². The second-order valence-corrected chi connectivity index (χ2v) is 11.3. The van der Waals surface area contributed by atoms with Crippen molar-refractivity contribution in [2.24, 2.45) is 4.99 Å². The van der Waals surface area contributed by atoms with E-state index in [-0.39, 0.29) is 37.7 Å². The molecule has 5 rings (SSSR count). The molecule has 15 heteroatoms.